The second-order valence-electron chi connectivity index (χ2n) is 6.03. The van der Waals surface area contributed by atoms with Gasteiger partial charge in [0.25, 0.3) is 0 Å². The molecule has 1 heterocycles. The molecule has 0 saturated carbocycles. The van der Waals surface area contributed by atoms with Crippen LogP contribution in [0.4, 0.5) is 5.69 Å². The number of piperazine rings is 1. The van der Waals surface area contributed by atoms with Crippen LogP contribution >= 0.6 is 23.2 Å². The quantitative estimate of drug-likeness (QED) is 0.882. The fraction of sp³-hybridized carbons (Fsp3) is 0.625. The van der Waals surface area contributed by atoms with E-state index in [9.17, 15) is 0 Å². The van der Waals surface area contributed by atoms with E-state index in [1.807, 2.05) is 19.1 Å². The first-order valence-corrected chi connectivity index (χ1v) is 8.15. The van der Waals surface area contributed by atoms with Crippen LogP contribution in [0.1, 0.15) is 32.8 Å². The summed E-state index contributed by atoms with van der Waals surface area (Å²) in [5.74, 6) is 0.566. The molecule has 1 aliphatic heterocycles. The van der Waals surface area contributed by atoms with Crippen molar-refractivity contribution in [3.8, 4) is 0 Å². The van der Waals surface area contributed by atoms with E-state index >= 15 is 0 Å². The van der Waals surface area contributed by atoms with Crippen LogP contribution in [-0.2, 0) is 0 Å². The van der Waals surface area contributed by atoms with Crippen LogP contribution in [0.5, 0.6) is 0 Å². The Morgan fingerprint density at radius 2 is 2.00 bits per heavy atom. The lowest BCUT2D eigenvalue weighted by atomic mass is 9.96. The van der Waals surface area contributed by atoms with E-state index in [-0.39, 0.29) is 0 Å². The zero-order chi connectivity index (χ0) is 14.9. The van der Waals surface area contributed by atoms with Crippen LogP contribution in [0.15, 0.2) is 12.1 Å². The highest BCUT2D eigenvalue weighted by molar-refractivity contribution is 6.35. The maximum absolute atomic E-state index is 6.48. The Labute approximate surface area is 132 Å². The van der Waals surface area contributed by atoms with Crippen LogP contribution in [0.25, 0.3) is 0 Å². The van der Waals surface area contributed by atoms with E-state index in [1.165, 1.54) is 0 Å². The third-order valence-corrected chi connectivity index (χ3v) is 4.94. The van der Waals surface area contributed by atoms with Crippen molar-refractivity contribution < 1.29 is 0 Å². The van der Waals surface area contributed by atoms with Gasteiger partial charge in [0, 0.05) is 30.2 Å². The molecule has 2 unspecified atom stereocenters. The molecule has 1 N–H and O–H groups in total. The van der Waals surface area contributed by atoms with Gasteiger partial charge in [-0.3, -0.25) is 0 Å². The van der Waals surface area contributed by atoms with Crippen molar-refractivity contribution in [2.24, 2.45) is 5.92 Å². The highest BCUT2D eigenvalue weighted by Gasteiger charge is 2.30. The van der Waals surface area contributed by atoms with Gasteiger partial charge in [-0.05, 0) is 37.0 Å². The second-order valence-corrected chi connectivity index (χ2v) is 6.84. The number of nitrogens with one attached hydrogen (secondary N) is 1. The minimum absolute atomic E-state index is 0.453. The van der Waals surface area contributed by atoms with Gasteiger partial charge in [0.05, 0.1) is 10.7 Å². The summed E-state index contributed by atoms with van der Waals surface area (Å²) in [6.45, 7) is 10.7. The van der Waals surface area contributed by atoms with Gasteiger partial charge in [0.2, 0.25) is 0 Å². The Hall–Kier alpha value is -0.440. The van der Waals surface area contributed by atoms with Crippen molar-refractivity contribution in [1.82, 2.24) is 5.32 Å². The van der Waals surface area contributed by atoms with E-state index in [0.29, 0.717) is 18.0 Å². The molecule has 1 fully saturated rings. The fourth-order valence-corrected chi connectivity index (χ4v) is 3.32. The predicted molar refractivity (Wildman–Crippen MR) is 89.3 cm³/mol. The molecule has 2 rings (SSSR count). The molecule has 0 aliphatic carbocycles. The molecule has 112 valence electrons. The molecular weight excluding hydrogens is 291 g/mol. The smallest absolute Gasteiger partial charge is 0.0643 e. The number of rotatable bonds is 3. The zero-order valence-corrected chi connectivity index (χ0v) is 14.2. The van der Waals surface area contributed by atoms with Gasteiger partial charge in [-0.2, -0.15) is 0 Å². The predicted octanol–water partition coefficient (Wildman–Crippen LogP) is 4.51. The first-order valence-electron chi connectivity index (χ1n) is 7.39. The number of aryl methyl sites for hydroxylation is 1. The zero-order valence-electron chi connectivity index (χ0n) is 12.7. The SMILES string of the molecule is CCC1CN(c2cc(Cl)c(C)cc2Cl)C(C(C)C)CN1. The van der Waals surface area contributed by atoms with Gasteiger partial charge < -0.3 is 10.2 Å². The number of hydrogen-bond donors (Lipinski definition) is 1. The van der Waals surface area contributed by atoms with Gasteiger partial charge >= 0.3 is 0 Å². The molecule has 20 heavy (non-hydrogen) atoms. The normalized spacial score (nSPS) is 23.4. The van der Waals surface area contributed by atoms with Crippen molar-refractivity contribution in [1.29, 1.82) is 0 Å². The summed E-state index contributed by atoms with van der Waals surface area (Å²) in [4.78, 5) is 2.43. The lowest BCUT2D eigenvalue weighted by Crippen LogP contribution is -2.58. The van der Waals surface area contributed by atoms with Gasteiger partial charge in [-0.25, -0.2) is 0 Å². The molecule has 1 saturated heterocycles. The van der Waals surface area contributed by atoms with Crippen LogP contribution in [0.3, 0.4) is 0 Å². The summed E-state index contributed by atoms with van der Waals surface area (Å²) in [5.41, 5.74) is 2.10. The average Bonchev–Trinajstić information content (AvgIpc) is 2.42. The average molecular weight is 315 g/mol. The van der Waals surface area contributed by atoms with Gasteiger partial charge in [0.15, 0.2) is 0 Å². The Kier molecular flexibility index (Phi) is 5.22. The maximum atomic E-state index is 6.48. The summed E-state index contributed by atoms with van der Waals surface area (Å²) in [6.07, 6.45) is 1.12. The van der Waals surface area contributed by atoms with Gasteiger partial charge in [-0.15, -0.1) is 0 Å². The standard InChI is InChI=1S/C16H24Cl2N2/c1-5-12-9-20(16(8-19-12)10(2)3)15-7-13(17)11(4)6-14(15)18/h6-7,10,12,16,19H,5,8-9H2,1-4H3. The number of hydrogen-bond acceptors (Lipinski definition) is 2. The summed E-state index contributed by atoms with van der Waals surface area (Å²) in [7, 11) is 0. The van der Waals surface area contributed by atoms with Crippen LogP contribution in [0.2, 0.25) is 10.0 Å². The largest absolute Gasteiger partial charge is 0.364 e. The molecule has 1 aromatic rings. The minimum atomic E-state index is 0.453. The third kappa shape index (κ3) is 3.24. The summed E-state index contributed by atoms with van der Waals surface area (Å²) in [6, 6.07) is 4.96. The molecule has 0 radical (unpaired) electrons. The topological polar surface area (TPSA) is 15.3 Å². The molecule has 4 heteroatoms. The second kappa shape index (κ2) is 6.55. The van der Waals surface area contributed by atoms with Gasteiger partial charge in [-0.1, -0.05) is 44.0 Å². The van der Waals surface area contributed by atoms with Crippen molar-refractivity contribution in [2.75, 3.05) is 18.0 Å². The summed E-state index contributed by atoms with van der Waals surface area (Å²) in [5, 5.41) is 5.22. The Balaban J connectivity index is 2.37. The molecule has 0 spiro atoms. The number of anilines is 1. The van der Waals surface area contributed by atoms with Crippen LogP contribution in [-0.4, -0.2) is 25.2 Å². The van der Waals surface area contributed by atoms with Crippen LogP contribution < -0.4 is 10.2 Å². The molecule has 1 aromatic carbocycles. The Morgan fingerprint density at radius 3 is 2.60 bits per heavy atom. The molecule has 1 aliphatic rings. The van der Waals surface area contributed by atoms with Crippen LogP contribution in [0, 0.1) is 12.8 Å². The first-order chi connectivity index (χ1) is 9.43. The van der Waals surface area contributed by atoms with E-state index in [0.717, 1.165) is 40.8 Å². The molecule has 0 amide bonds. The van der Waals surface area contributed by atoms with E-state index in [1.54, 1.807) is 0 Å². The Bertz CT molecular complexity index is 474. The monoisotopic (exact) mass is 314 g/mol. The molecular formula is C16H24Cl2N2. The minimum Gasteiger partial charge on any atom is -0.364 e. The van der Waals surface area contributed by atoms with E-state index in [4.69, 9.17) is 23.2 Å². The maximum Gasteiger partial charge on any atom is 0.0643 e. The number of halogens is 2. The van der Waals surface area contributed by atoms with Crippen molar-refractivity contribution in [3.05, 3.63) is 27.7 Å². The summed E-state index contributed by atoms with van der Waals surface area (Å²) >= 11 is 12.8. The molecule has 2 nitrogen and oxygen atoms in total. The van der Waals surface area contributed by atoms with Gasteiger partial charge in [0.1, 0.15) is 0 Å². The highest BCUT2D eigenvalue weighted by Crippen LogP contribution is 2.35. The Morgan fingerprint density at radius 1 is 1.30 bits per heavy atom. The van der Waals surface area contributed by atoms with E-state index < -0.39 is 0 Å². The number of nitrogens with zero attached hydrogens (tertiary/aromatic N) is 1. The fourth-order valence-electron chi connectivity index (χ4n) is 2.84. The first kappa shape index (κ1) is 15.9. The third-order valence-electron chi connectivity index (χ3n) is 4.23. The van der Waals surface area contributed by atoms with E-state index in [2.05, 4.69) is 31.0 Å². The highest BCUT2D eigenvalue weighted by atomic mass is 35.5. The molecule has 0 aromatic heterocycles. The molecule has 0 bridgehead atoms. The molecule has 2 atom stereocenters. The number of benzene rings is 1. The van der Waals surface area contributed by atoms with Crippen molar-refractivity contribution >= 4 is 28.9 Å². The van der Waals surface area contributed by atoms with Crippen molar-refractivity contribution in [3.63, 3.8) is 0 Å². The lowest BCUT2D eigenvalue weighted by Gasteiger charge is -2.44. The lowest BCUT2D eigenvalue weighted by molar-refractivity contribution is 0.333. The van der Waals surface area contributed by atoms with Crippen molar-refractivity contribution in [2.45, 2.75) is 46.2 Å². The summed E-state index contributed by atoms with van der Waals surface area (Å²) < 4.78 is 0.